The van der Waals surface area contributed by atoms with Gasteiger partial charge in [0.05, 0.1) is 17.7 Å². The van der Waals surface area contributed by atoms with Crippen LogP contribution in [0.3, 0.4) is 0 Å². The summed E-state index contributed by atoms with van der Waals surface area (Å²) in [4.78, 5) is 13.8. The zero-order valence-corrected chi connectivity index (χ0v) is 15.9. The molecule has 1 saturated heterocycles. The maximum Gasteiger partial charge on any atom is 0.240 e. The van der Waals surface area contributed by atoms with Crippen molar-refractivity contribution in [3.05, 3.63) is 18.2 Å². The number of likely N-dealkylation sites (tertiary alicyclic amines) is 1. The highest BCUT2D eigenvalue weighted by Crippen LogP contribution is 2.27. The predicted molar refractivity (Wildman–Crippen MR) is 97.3 cm³/mol. The summed E-state index contributed by atoms with van der Waals surface area (Å²) < 4.78 is 32.9. The highest BCUT2D eigenvalue weighted by Gasteiger charge is 2.20. The highest BCUT2D eigenvalue weighted by molar-refractivity contribution is 7.89. The van der Waals surface area contributed by atoms with Crippen LogP contribution in [0, 0.1) is 5.92 Å². The van der Waals surface area contributed by atoms with Gasteiger partial charge in [-0.15, -0.1) is 0 Å². The molecule has 2 N–H and O–H groups in total. The second-order valence-electron chi connectivity index (χ2n) is 6.51. The van der Waals surface area contributed by atoms with E-state index < -0.39 is 10.0 Å². The quantitative estimate of drug-likeness (QED) is 0.728. The van der Waals surface area contributed by atoms with Crippen molar-refractivity contribution in [1.29, 1.82) is 0 Å². The molecule has 140 valence electrons. The third-order valence-corrected chi connectivity index (χ3v) is 5.60. The number of carbonyl (C=O) groups is 1. The molecule has 1 unspecified atom stereocenters. The van der Waals surface area contributed by atoms with E-state index in [0.29, 0.717) is 18.0 Å². The molecular formula is C17H27N3O4S. The van der Waals surface area contributed by atoms with Gasteiger partial charge >= 0.3 is 0 Å². The summed E-state index contributed by atoms with van der Waals surface area (Å²) in [5.74, 6) is 0.345. The Morgan fingerprint density at radius 3 is 2.60 bits per heavy atom. The molecule has 25 heavy (non-hydrogen) atoms. The molecule has 0 bridgehead atoms. The Labute approximate surface area is 149 Å². The molecule has 0 spiro atoms. The van der Waals surface area contributed by atoms with Crippen LogP contribution in [0.1, 0.15) is 26.7 Å². The van der Waals surface area contributed by atoms with Crippen molar-refractivity contribution in [2.75, 3.05) is 38.6 Å². The van der Waals surface area contributed by atoms with Crippen LogP contribution < -0.4 is 14.8 Å². The molecule has 0 aromatic heterocycles. The molecule has 1 atom stereocenters. The van der Waals surface area contributed by atoms with Crippen molar-refractivity contribution < 1.29 is 17.9 Å². The molecule has 1 aliphatic heterocycles. The summed E-state index contributed by atoms with van der Waals surface area (Å²) in [6, 6.07) is 4.42. The minimum atomic E-state index is -3.65. The third-order valence-electron chi connectivity index (χ3n) is 4.18. The van der Waals surface area contributed by atoms with Gasteiger partial charge in [0.25, 0.3) is 0 Å². The molecule has 8 heteroatoms. The van der Waals surface area contributed by atoms with Crippen LogP contribution in [0.5, 0.6) is 5.75 Å². The molecule has 7 nitrogen and oxygen atoms in total. The van der Waals surface area contributed by atoms with Crippen molar-refractivity contribution in [1.82, 2.24) is 9.62 Å². The van der Waals surface area contributed by atoms with Crippen LogP contribution in [0.25, 0.3) is 0 Å². The summed E-state index contributed by atoms with van der Waals surface area (Å²) >= 11 is 0. The fourth-order valence-electron chi connectivity index (χ4n) is 2.95. The number of ether oxygens (including phenoxy) is 1. The van der Waals surface area contributed by atoms with Gasteiger partial charge in [-0.3, -0.25) is 4.79 Å². The van der Waals surface area contributed by atoms with Crippen molar-refractivity contribution >= 4 is 21.6 Å². The normalized spacial score (nSPS) is 16.6. The largest absolute Gasteiger partial charge is 0.495 e. The van der Waals surface area contributed by atoms with Gasteiger partial charge in [0.15, 0.2) is 0 Å². The van der Waals surface area contributed by atoms with E-state index in [0.717, 1.165) is 19.6 Å². The Hall–Kier alpha value is -1.64. The van der Waals surface area contributed by atoms with Crippen molar-refractivity contribution in [2.45, 2.75) is 31.6 Å². The molecule has 1 fully saturated rings. The lowest BCUT2D eigenvalue weighted by Gasteiger charge is -2.20. The second kappa shape index (κ2) is 8.64. The predicted octanol–water partition coefficient (Wildman–Crippen LogP) is 1.66. The smallest absolute Gasteiger partial charge is 0.240 e. The van der Waals surface area contributed by atoms with Crippen LogP contribution in [-0.4, -0.2) is 52.5 Å². The Morgan fingerprint density at radius 2 is 2.00 bits per heavy atom. The highest BCUT2D eigenvalue weighted by atomic mass is 32.2. The fourth-order valence-corrected chi connectivity index (χ4v) is 4.14. The number of rotatable bonds is 8. The standard InChI is InChI=1S/C17H27N3O4S/c1-13(12-20-8-4-5-9-20)11-18-25(22,23)15-6-7-17(24-3)16(10-15)19-14(2)21/h6-7,10,13,18H,4-5,8-9,11-12H2,1-3H3,(H,19,21). The van der Waals surface area contributed by atoms with Crippen molar-refractivity contribution in [3.63, 3.8) is 0 Å². The van der Waals surface area contributed by atoms with E-state index in [4.69, 9.17) is 4.74 Å². The molecule has 1 aliphatic rings. The monoisotopic (exact) mass is 369 g/mol. The lowest BCUT2D eigenvalue weighted by atomic mass is 10.2. The van der Waals surface area contributed by atoms with Gasteiger partial charge in [0, 0.05) is 20.0 Å². The van der Waals surface area contributed by atoms with Crippen molar-refractivity contribution in [3.8, 4) is 5.75 Å². The number of carbonyl (C=O) groups excluding carboxylic acids is 1. The average Bonchev–Trinajstić information content (AvgIpc) is 3.05. The topological polar surface area (TPSA) is 87.7 Å². The number of nitrogens with zero attached hydrogens (tertiary/aromatic N) is 1. The minimum Gasteiger partial charge on any atom is -0.495 e. The second-order valence-corrected chi connectivity index (χ2v) is 8.28. The number of nitrogens with one attached hydrogen (secondary N) is 2. The molecule has 0 aliphatic carbocycles. The summed E-state index contributed by atoms with van der Waals surface area (Å²) in [5, 5.41) is 2.59. The van der Waals surface area contributed by atoms with E-state index in [1.807, 2.05) is 6.92 Å². The Bertz CT molecular complexity index is 700. The number of hydrogen-bond acceptors (Lipinski definition) is 5. The van der Waals surface area contributed by atoms with E-state index in [9.17, 15) is 13.2 Å². The Kier molecular flexibility index (Phi) is 6.80. The van der Waals surface area contributed by atoms with Gasteiger partial charge in [-0.25, -0.2) is 13.1 Å². The van der Waals surface area contributed by atoms with Gasteiger partial charge in [-0.05, 0) is 50.0 Å². The maximum absolute atomic E-state index is 12.5. The summed E-state index contributed by atoms with van der Waals surface area (Å²) in [7, 11) is -2.18. The molecule has 2 rings (SSSR count). The molecule has 0 radical (unpaired) electrons. The molecule has 1 amide bonds. The van der Waals surface area contributed by atoms with Crippen LogP contribution in [0.4, 0.5) is 5.69 Å². The van der Waals surface area contributed by atoms with Crippen LogP contribution in [0.2, 0.25) is 0 Å². The van der Waals surface area contributed by atoms with Gasteiger partial charge in [-0.1, -0.05) is 6.92 Å². The van der Waals surface area contributed by atoms with E-state index in [1.165, 1.54) is 45.1 Å². The summed E-state index contributed by atoms with van der Waals surface area (Å²) in [5.41, 5.74) is 0.336. The summed E-state index contributed by atoms with van der Waals surface area (Å²) in [6.45, 7) is 6.85. The van der Waals surface area contributed by atoms with Gasteiger partial charge in [0.1, 0.15) is 5.75 Å². The van der Waals surface area contributed by atoms with E-state index in [1.54, 1.807) is 0 Å². The lowest BCUT2D eigenvalue weighted by molar-refractivity contribution is -0.114. The molecule has 1 heterocycles. The number of methoxy groups -OCH3 is 1. The maximum atomic E-state index is 12.5. The molecule has 1 aromatic rings. The minimum absolute atomic E-state index is 0.102. The molecule has 0 saturated carbocycles. The zero-order chi connectivity index (χ0) is 18.4. The first-order valence-corrected chi connectivity index (χ1v) is 9.98. The van der Waals surface area contributed by atoms with Crippen molar-refractivity contribution in [2.24, 2.45) is 5.92 Å². The average molecular weight is 369 g/mol. The first-order chi connectivity index (χ1) is 11.8. The molecule has 1 aromatic carbocycles. The van der Waals surface area contributed by atoms with Crippen LogP contribution >= 0.6 is 0 Å². The SMILES string of the molecule is COc1ccc(S(=O)(=O)NCC(C)CN2CCCC2)cc1NC(C)=O. The van der Waals surface area contributed by atoms with E-state index in [2.05, 4.69) is 14.9 Å². The first kappa shape index (κ1) is 19.7. The van der Waals surface area contributed by atoms with Crippen LogP contribution in [0.15, 0.2) is 23.1 Å². The number of sulfonamides is 1. The van der Waals surface area contributed by atoms with Gasteiger partial charge in [-0.2, -0.15) is 0 Å². The van der Waals surface area contributed by atoms with Gasteiger partial charge in [0.2, 0.25) is 15.9 Å². The first-order valence-electron chi connectivity index (χ1n) is 8.49. The summed E-state index contributed by atoms with van der Waals surface area (Å²) in [6.07, 6.45) is 2.44. The third kappa shape index (κ3) is 5.69. The number of hydrogen-bond donors (Lipinski definition) is 2. The van der Waals surface area contributed by atoms with E-state index >= 15 is 0 Å². The zero-order valence-electron chi connectivity index (χ0n) is 15.0. The lowest BCUT2D eigenvalue weighted by Crippen LogP contribution is -2.34. The number of anilines is 1. The number of amides is 1. The van der Waals surface area contributed by atoms with Crippen LogP contribution in [-0.2, 0) is 14.8 Å². The molecular weight excluding hydrogens is 342 g/mol. The Morgan fingerprint density at radius 1 is 1.32 bits per heavy atom. The van der Waals surface area contributed by atoms with E-state index in [-0.39, 0.29) is 16.7 Å². The van der Waals surface area contributed by atoms with Gasteiger partial charge < -0.3 is 15.0 Å². The fraction of sp³-hybridized carbons (Fsp3) is 0.588. The number of benzene rings is 1. The Balaban J connectivity index is 2.03.